The van der Waals surface area contributed by atoms with E-state index in [9.17, 15) is 22.4 Å². The molecule has 0 saturated carbocycles. The summed E-state index contributed by atoms with van der Waals surface area (Å²) in [5, 5.41) is 6.77. The molecule has 0 saturated heterocycles. The molecule has 0 bridgehead atoms. The third kappa shape index (κ3) is 4.60. The molecule has 1 heterocycles. The lowest BCUT2D eigenvalue weighted by atomic mass is 10.1. The second kappa shape index (κ2) is 9.02. The van der Waals surface area contributed by atoms with Gasteiger partial charge >= 0.3 is 0 Å². The van der Waals surface area contributed by atoms with E-state index in [1.807, 2.05) is 0 Å². The molecule has 31 heavy (non-hydrogen) atoms. The Labute approximate surface area is 174 Å². The quantitative estimate of drug-likeness (QED) is 0.448. The van der Waals surface area contributed by atoms with Gasteiger partial charge in [-0.15, -0.1) is 0 Å². The number of rotatable bonds is 7. The molecule has 7 nitrogen and oxygen atoms in total. The molecule has 0 unspecified atom stereocenters. The Balaban J connectivity index is 2.07. The Hall–Kier alpha value is -3.63. The average Bonchev–Trinajstić information content (AvgIpc) is 2.74. The maximum Gasteiger partial charge on any atom is 0.299 e. The molecular formula is C20H18F4N4O3. The molecule has 0 spiro atoms. The van der Waals surface area contributed by atoms with Crippen LogP contribution in [0.25, 0.3) is 0 Å². The van der Waals surface area contributed by atoms with Crippen LogP contribution in [0.2, 0.25) is 0 Å². The van der Waals surface area contributed by atoms with E-state index in [4.69, 9.17) is 9.47 Å². The standard InChI is InChI=1S/C20H18F4N4O3/c1-10-4-16(30-2)17(31-3)7-14(10)25-20-26-19(29)15(8-21)27-28(20)9-11-5-12(22)18(24)13(23)6-11/h4-7H,8-9H2,1-3H3,(H,25,26,29). The van der Waals surface area contributed by atoms with Gasteiger partial charge < -0.3 is 14.8 Å². The highest BCUT2D eigenvalue weighted by atomic mass is 19.2. The first-order valence-electron chi connectivity index (χ1n) is 8.94. The Morgan fingerprint density at radius 1 is 1.03 bits per heavy atom. The third-order valence-electron chi connectivity index (χ3n) is 4.42. The predicted molar refractivity (Wildman–Crippen MR) is 104 cm³/mol. The minimum absolute atomic E-state index is 0.00811. The number of ether oxygens (including phenoxy) is 2. The van der Waals surface area contributed by atoms with Crippen molar-refractivity contribution in [2.45, 2.75) is 20.1 Å². The van der Waals surface area contributed by atoms with Crippen LogP contribution in [0.3, 0.4) is 0 Å². The fraction of sp³-hybridized carbons (Fsp3) is 0.250. The van der Waals surface area contributed by atoms with Gasteiger partial charge in [0.05, 0.1) is 20.8 Å². The van der Waals surface area contributed by atoms with Crippen molar-refractivity contribution in [3.8, 4) is 11.5 Å². The fourth-order valence-corrected chi connectivity index (χ4v) is 2.85. The number of benzene rings is 2. The Morgan fingerprint density at radius 2 is 1.65 bits per heavy atom. The second-order valence-corrected chi connectivity index (χ2v) is 6.50. The summed E-state index contributed by atoms with van der Waals surface area (Å²) in [6.45, 7) is 0.248. The number of alkyl halides is 1. The fourth-order valence-electron chi connectivity index (χ4n) is 2.85. The maximum absolute atomic E-state index is 13.6. The molecule has 11 heteroatoms. The summed E-state index contributed by atoms with van der Waals surface area (Å²) in [5.74, 6) is -3.65. The zero-order valence-corrected chi connectivity index (χ0v) is 16.8. The zero-order chi connectivity index (χ0) is 22.7. The number of aromatic nitrogens is 3. The number of nitrogens with zero attached hydrogens (tertiary/aromatic N) is 3. The van der Waals surface area contributed by atoms with E-state index in [-0.39, 0.29) is 18.1 Å². The van der Waals surface area contributed by atoms with Crippen molar-refractivity contribution in [3.05, 3.63) is 68.9 Å². The summed E-state index contributed by atoms with van der Waals surface area (Å²) in [5.41, 5.74) is -0.254. The van der Waals surface area contributed by atoms with Gasteiger partial charge in [-0.05, 0) is 36.2 Å². The van der Waals surface area contributed by atoms with Crippen LogP contribution >= 0.6 is 0 Å². The molecule has 0 radical (unpaired) electrons. The van der Waals surface area contributed by atoms with Crippen LogP contribution in [0, 0.1) is 24.4 Å². The molecule has 2 aromatic carbocycles. The van der Waals surface area contributed by atoms with Gasteiger partial charge in [-0.3, -0.25) is 4.79 Å². The van der Waals surface area contributed by atoms with Crippen molar-refractivity contribution in [2.24, 2.45) is 0 Å². The van der Waals surface area contributed by atoms with Gasteiger partial charge in [0.2, 0.25) is 5.95 Å². The lowest BCUT2D eigenvalue weighted by molar-refractivity contribution is 0.355. The van der Waals surface area contributed by atoms with Crippen LogP contribution in [0.4, 0.5) is 29.2 Å². The zero-order valence-electron chi connectivity index (χ0n) is 16.8. The first-order valence-corrected chi connectivity index (χ1v) is 8.94. The summed E-state index contributed by atoms with van der Waals surface area (Å²) in [6, 6.07) is 4.82. The van der Waals surface area contributed by atoms with Gasteiger partial charge in [-0.25, -0.2) is 22.2 Å². The van der Waals surface area contributed by atoms with E-state index in [1.165, 1.54) is 14.2 Å². The molecule has 0 amide bonds. The molecule has 0 atom stereocenters. The molecule has 164 valence electrons. The molecule has 3 rings (SSSR count). The molecule has 0 aliphatic heterocycles. The van der Waals surface area contributed by atoms with Crippen molar-refractivity contribution < 1.29 is 27.0 Å². The normalized spacial score (nSPS) is 10.8. The monoisotopic (exact) mass is 438 g/mol. The van der Waals surface area contributed by atoms with Crippen molar-refractivity contribution in [3.63, 3.8) is 0 Å². The molecule has 0 fully saturated rings. The van der Waals surface area contributed by atoms with E-state index in [2.05, 4.69) is 15.4 Å². The molecule has 1 aromatic heterocycles. The van der Waals surface area contributed by atoms with Gasteiger partial charge in [-0.1, -0.05) is 0 Å². The summed E-state index contributed by atoms with van der Waals surface area (Å²) in [4.78, 5) is 15.8. The number of anilines is 2. The number of methoxy groups -OCH3 is 2. The SMILES string of the molecule is COc1cc(C)c(Nc2nc(=O)c(CF)nn2Cc2cc(F)c(F)c(F)c2)cc1OC. The van der Waals surface area contributed by atoms with Gasteiger partial charge in [-0.2, -0.15) is 10.1 Å². The van der Waals surface area contributed by atoms with E-state index in [1.54, 1.807) is 19.1 Å². The Morgan fingerprint density at radius 3 is 2.23 bits per heavy atom. The lowest BCUT2D eigenvalue weighted by Gasteiger charge is -2.17. The van der Waals surface area contributed by atoms with Gasteiger partial charge in [0.1, 0.15) is 6.67 Å². The Bertz CT molecular complexity index is 1160. The van der Waals surface area contributed by atoms with Crippen LogP contribution < -0.4 is 20.3 Å². The van der Waals surface area contributed by atoms with Crippen molar-refractivity contribution in [1.29, 1.82) is 0 Å². The Kier molecular flexibility index (Phi) is 6.42. The summed E-state index contributed by atoms with van der Waals surface area (Å²) in [6.07, 6.45) is 0. The second-order valence-electron chi connectivity index (χ2n) is 6.50. The van der Waals surface area contributed by atoms with Crippen molar-refractivity contribution >= 4 is 11.6 Å². The summed E-state index contributed by atoms with van der Waals surface area (Å²) < 4.78 is 65.1. The van der Waals surface area contributed by atoms with Crippen molar-refractivity contribution in [2.75, 3.05) is 19.5 Å². The molecule has 0 aliphatic rings. The first kappa shape index (κ1) is 22.1. The minimum Gasteiger partial charge on any atom is -0.493 e. The van der Waals surface area contributed by atoms with E-state index < -0.39 is 35.4 Å². The average molecular weight is 438 g/mol. The maximum atomic E-state index is 13.6. The van der Waals surface area contributed by atoms with Crippen LogP contribution in [0.1, 0.15) is 16.8 Å². The molecule has 3 aromatic rings. The number of halogens is 4. The highest BCUT2D eigenvalue weighted by Crippen LogP contribution is 2.34. The molecule has 1 N–H and O–H groups in total. The van der Waals surface area contributed by atoms with Gasteiger partial charge in [0.25, 0.3) is 5.56 Å². The topological polar surface area (TPSA) is 78.3 Å². The number of nitrogens with one attached hydrogen (secondary N) is 1. The minimum atomic E-state index is -1.61. The van der Waals surface area contributed by atoms with Crippen LogP contribution in [-0.2, 0) is 13.2 Å². The number of hydrogen-bond donors (Lipinski definition) is 1. The lowest BCUT2D eigenvalue weighted by Crippen LogP contribution is -2.24. The number of aryl methyl sites for hydroxylation is 1. The van der Waals surface area contributed by atoms with E-state index in [0.717, 1.165) is 16.8 Å². The summed E-state index contributed by atoms with van der Waals surface area (Å²) >= 11 is 0. The molecule has 0 aliphatic carbocycles. The van der Waals surface area contributed by atoms with Gasteiger partial charge in [0, 0.05) is 11.8 Å². The number of hydrogen-bond acceptors (Lipinski definition) is 6. The van der Waals surface area contributed by atoms with Crippen molar-refractivity contribution in [1.82, 2.24) is 14.8 Å². The van der Waals surface area contributed by atoms with Crippen LogP contribution in [-0.4, -0.2) is 29.0 Å². The predicted octanol–water partition coefficient (Wildman–Crippen LogP) is 3.64. The van der Waals surface area contributed by atoms with E-state index in [0.29, 0.717) is 22.7 Å². The highest BCUT2D eigenvalue weighted by Gasteiger charge is 2.16. The van der Waals surface area contributed by atoms with Gasteiger partial charge in [0.15, 0.2) is 34.6 Å². The van der Waals surface area contributed by atoms with E-state index >= 15 is 0 Å². The molecular weight excluding hydrogens is 420 g/mol. The van der Waals surface area contributed by atoms with Crippen LogP contribution in [0.15, 0.2) is 29.1 Å². The summed E-state index contributed by atoms with van der Waals surface area (Å²) in [7, 11) is 2.92. The van der Waals surface area contributed by atoms with Crippen LogP contribution in [0.5, 0.6) is 11.5 Å². The first-order chi connectivity index (χ1) is 14.8. The highest BCUT2D eigenvalue weighted by molar-refractivity contribution is 5.64. The largest absolute Gasteiger partial charge is 0.493 e. The smallest absolute Gasteiger partial charge is 0.299 e. The third-order valence-corrected chi connectivity index (χ3v) is 4.42.